The van der Waals surface area contributed by atoms with Crippen molar-refractivity contribution in [3.63, 3.8) is 0 Å². The highest BCUT2D eigenvalue weighted by Crippen LogP contribution is 2.25. The molecule has 0 aromatic heterocycles. The molecule has 0 aliphatic heterocycles. The Hall–Kier alpha value is -1.84. The van der Waals surface area contributed by atoms with Gasteiger partial charge in [-0.15, -0.1) is 0 Å². The third kappa shape index (κ3) is 3.84. The van der Waals surface area contributed by atoms with Gasteiger partial charge in [-0.25, -0.2) is 0 Å². The van der Waals surface area contributed by atoms with E-state index < -0.39 is 5.60 Å². The second-order valence-electron chi connectivity index (χ2n) is 5.74. The molecule has 0 heterocycles. The van der Waals surface area contributed by atoms with Gasteiger partial charge in [-0.2, -0.15) is 0 Å². The lowest BCUT2D eigenvalue weighted by Gasteiger charge is -2.24. The summed E-state index contributed by atoms with van der Waals surface area (Å²) in [6, 6.07) is 15.4. The van der Waals surface area contributed by atoms with Crippen molar-refractivity contribution in [2.75, 3.05) is 6.61 Å². The molecule has 0 spiro atoms. The molecular weight excluding hydrogens is 262 g/mol. The number of aliphatic hydroxyl groups is 1. The molecule has 0 radical (unpaired) electrons. The van der Waals surface area contributed by atoms with Gasteiger partial charge in [-0.05, 0) is 43.5 Å². The zero-order valence-corrected chi connectivity index (χ0v) is 12.8. The van der Waals surface area contributed by atoms with E-state index in [4.69, 9.17) is 10.5 Å². The van der Waals surface area contributed by atoms with Crippen LogP contribution < -0.4 is 10.5 Å². The summed E-state index contributed by atoms with van der Waals surface area (Å²) in [5.74, 6) is 0.774. The second kappa shape index (κ2) is 6.29. The average Bonchev–Trinajstić information content (AvgIpc) is 2.46. The highest BCUT2D eigenvalue weighted by atomic mass is 16.5. The first-order chi connectivity index (χ1) is 9.90. The zero-order chi connectivity index (χ0) is 15.5. The van der Waals surface area contributed by atoms with Gasteiger partial charge < -0.3 is 15.6 Å². The van der Waals surface area contributed by atoms with Gasteiger partial charge in [-0.3, -0.25) is 0 Å². The van der Waals surface area contributed by atoms with Gasteiger partial charge >= 0.3 is 0 Å². The van der Waals surface area contributed by atoms with Gasteiger partial charge in [-0.1, -0.05) is 42.5 Å². The van der Waals surface area contributed by atoms with Gasteiger partial charge in [0.15, 0.2) is 0 Å². The van der Waals surface area contributed by atoms with E-state index in [1.54, 1.807) is 6.92 Å². The molecule has 3 N–H and O–H groups in total. The number of nitrogens with two attached hydrogens (primary N) is 1. The zero-order valence-electron chi connectivity index (χ0n) is 12.8. The monoisotopic (exact) mass is 285 g/mol. The van der Waals surface area contributed by atoms with Crippen LogP contribution in [-0.2, 0) is 5.60 Å². The van der Waals surface area contributed by atoms with Crippen molar-refractivity contribution >= 4 is 0 Å². The highest BCUT2D eigenvalue weighted by Gasteiger charge is 2.24. The number of rotatable bonds is 5. The Morgan fingerprint density at radius 2 is 1.86 bits per heavy atom. The standard InChI is InChI=1S/C18H23NO2/c1-13-11-15(14(2)19)9-10-17(13)21-12-18(3,20)16-7-5-4-6-8-16/h4-11,14,20H,12,19H2,1-3H3/t14-,18?/m0/s1. The van der Waals surface area contributed by atoms with Crippen molar-refractivity contribution in [2.24, 2.45) is 5.73 Å². The summed E-state index contributed by atoms with van der Waals surface area (Å²) < 4.78 is 5.80. The molecule has 0 bridgehead atoms. The largest absolute Gasteiger partial charge is 0.490 e. The molecular formula is C18H23NO2. The van der Waals surface area contributed by atoms with Crippen LogP contribution in [0.2, 0.25) is 0 Å². The van der Waals surface area contributed by atoms with E-state index in [9.17, 15) is 5.11 Å². The SMILES string of the molecule is Cc1cc([C@H](C)N)ccc1OCC(C)(O)c1ccccc1. The molecule has 0 saturated heterocycles. The summed E-state index contributed by atoms with van der Waals surface area (Å²) in [6.45, 7) is 5.90. The van der Waals surface area contributed by atoms with Crippen molar-refractivity contribution in [1.29, 1.82) is 0 Å². The Balaban J connectivity index is 2.09. The van der Waals surface area contributed by atoms with Gasteiger partial charge in [0.2, 0.25) is 0 Å². The van der Waals surface area contributed by atoms with Crippen molar-refractivity contribution in [3.8, 4) is 5.75 Å². The smallest absolute Gasteiger partial charge is 0.122 e. The second-order valence-corrected chi connectivity index (χ2v) is 5.74. The first-order valence-corrected chi connectivity index (χ1v) is 7.17. The molecule has 112 valence electrons. The van der Waals surface area contributed by atoms with Gasteiger partial charge in [0.05, 0.1) is 0 Å². The minimum absolute atomic E-state index is 0.00479. The van der Waals surface area contributed by atoms with Crippen LogP contribution in [0.15, 0.2) is 48.5 Å². The number of ether oxygens (including phenoxy) is 1. The molecule has 2 aromatic carbocycles. The maximum Gasteiger partial charge on any atom is 0.122 e. The number of hydrogen-bond acceptors (Lipinski definition) is 3. The Labute approximate surface area is 126 Å². The maximum absolute atomic E-state index is 10.5. The Kier molecular flexibility index (Phi) is 4.66. The van der Waals surface area contributed by atoms with Gasteiger partial charge in [0.25, 0.3) is 0 Å². The van der Waals surface area contributed by atoms with Crippen LogP contribution in [0.3, 0.4) is 0 Å². The van der Waals surface area contributed by atoms with Crippen LogP contribution in [-0.4, -0.2) is 11.7 Å². The summed E-state index contributed by atoms with van der Waals surface area (Å²) in [5, 5.41) is 10.5. The molecule has 2 aromatic rings. The number of hydrogen-bond donors (Lipinski definition) is 2. The molecule has 0 fully saturated rings. The van der Waals surface area contributed by atoms with Gasteiger partial charge in [0, 0.05) is 6.04 Å². The van der Waals surface area contributed by atoms with E-state index in [0.717, 1.165) is 22.4 Å². The first kappa shape index (κ1) is 15.5. The molecule has 0 saturated carbocycles. The topological polar surface area (TPSA) is 55.5 Å². The lowest BCUT2D eigenvalue weighted by Crippen LogP contribution is -2.29. The average molecular weight is 285 g/mol. The quantitative estimate of drug-likeness (QED) is 0.886. The highest BCUT2D eigenvalue weighted by molar-refractivity contribution is 5.37. The fraction of sp³-hybridized carbons (Fsp3) is 0.333. The van der Waals surface area contributed by atoms with Crippen LogP contribution in [0.5, 0.6) is 5.75 Å². The summed E-state index contributed by atoms with van der Waals surface area (Å²) in [6.07, 6.45) is 0. The van der Waals surface area contributed by atoms with E-state index in [1.807, 2.05) is 62.4 Å². The fourth-order valence-electron chi connectivity index (χ4n) is 2.22. The molecule has 0 aliphatic rings. The van der Waals surface area contributed by atoms with E-state index in [0.29, 0.717) is 0 Å². The molecule has 2 atom stereocenters. The fourth-order valence-corrected chi connectivity index (χ4v) is 2.22. The molecule has 0 amide bonds. The van der Waals surface area contributed by atoms with Crippen molar-refractivity contribution in [2.45, 2.75) is 32.4 Å². The third-order valence-corrected chi connectivity index (χ3v) is 3.63. The van der Waals surface area contributed by atoms with E-state index in [-0.39, 0.29) is 12.6 Å². The predicted octanol–water partition coefficient (Wildman–Crippen LogP) is 3.30. The third-order valence-electron chi connectivity index (χ3n) is 3.63. The van der Waals surface area contributed by atoms with E-state index in [2.05, 4.69) is 0 Å². The van der Waals surface area contributed by atoms with Crippen molar-refractivity contribution in [1.82, 2.24) is 0 Å². The minimum atomic E-state index is -1.02. The summed E-state index contributed by atoms with van der Waals surface area (Å²) in [5.41, 5.74) is 7.79. The van der Waals surface area contributed by atoms with Crippen LogP contribution in [0.4, 0.5) is 0 Å². The lowest BCUT2D eigenvalue weighted by molar-refractivity contribution is 0.00739. The minimum Gasteiger partial charge on any atom is -0.490 e. The maximum atomic E-state index is 10.5. The summed E-state index contributed by atoms with van der Waals surface area (Å²) in [7, 11) is 0. The normalized spacial score (nSPS) is 15.3. The molecule has 21 heavy (non-hydrogen) atoms. The predicted molar refractivity (Wildman–Crippen MR) is 85.3 cm³/mol. The van der Waals surface area contributed by atoms with Crippen LogP contribution in [0.25, 0.3) is 0 Å². The Bertz CT molecular complexity index is 591. The molecule has 3 nitrogen and oxygen atoms in total. The van der Waals surface area contributed by atoms with E-state index >= 15 is 0 Å². The summed E-state index contributed by atoms with van der Waals surface area (Å²) >= 11 is 0. The number of benzene rings is 2. The van der Waals surface area contributed by atoms with Crippen molar-refractivity contribution < 1.29 is 9.84 Å². The van der Waals surface area contributed by atoms with Crippen LogP contribution in [0, 0.1) is 6.92 Å². The van der Waals surface area contributed by atoms with Gasteiger partial charge in [0.1, 0.15) is 18.0 Å². The van der Waals surface area contributed by atoms with Crippen LogP contribution in [0.1, 0.15) is 36.6 Å². The Morgan fingerprint density at radius 1 is 1.19 bits per heavy atom. The molecule has 2 rings (SSSR count). The lowest BCUT2D eigenvalue weighted by atomic mass is 9.97. The van der Waals surface area contributed by atoms with E-state index in [1.165, 1.54) is 0 Å². The molecule has 1 unspecified atom stereocenters. The van der Waals surface area contributed by atoms with Crippen LogP contribution >= 0.6 is 0 Å². The first-order valence-electron chi connectivity index (χ1n) is 7.17. The Morgan fingerprint density at radius 3 is 2.43 bits per heavy atom. The summed E-state index contributed by atoms with van der Waals surface area (Å²) in [4.78, 5) is 0. The molecule has 3 heteroatoms. The molecule has 0 aliphatic carbocycles. The van der Waals surface area contributed by atoms with Crippen molar-refractivity contribution in [3.05, 3.63) is 65.2 Å². The number of aryl methyl sites for hydroxylation is 1.